The van der Waals surface area contributed by atoms with Gasteiger partial charge in [0.1, 0.15) is 0 Å². The van der Waals surface area contributed by atoms with Crippen LogP contribution in [0.25, 0.3) is 0 Å². The van der Waals surface area contributed by atoms with Crippen LogP contribution in [0.4, 0.5) is 0 Å². The Bertz CT molecular complexity index is 699. The van der Waals surface area contributed by atoms with Gasteiger partial charge in [0, 0.05) is 45.1 Å². The average Bonchev–Trinajstić information content (AvgIpc) is 2.68. The summed E-state index contributed by atoms with van der Waals surface area (Å²) in [6.07, 6.45) is 12.1. The Morgan fingerprint density at radius 1 is 0.923 bits per heavy atom. The van der Waals surface area contributed by atoms with Crippen molar-refractivity contribution in [1.82, 2.24) is 25.1 Å². The first-order chi connectivity index (χ1) is 12.8. The van der Waals surface area contributed by atoms with Crippen molar-refractivity contribution in [3.8, 4) is 0 Å². The molecule has 2 aromatic heterocycles. The van der Waals surface area contributed by atoms with Crippen molar-refractivity contribution in [3.05, 3.63) is 84.6 Å². The molecule has 0 radical (unpaired) electrons. The number of pyridine rings is 2. The van der Waals surface area contributed by atoms with E-state index in [1.54, 1.807) is 0 Å². The lowest BCUT2D eigenvalue weighted by atomic mass is 10.2. The third kappa shape index (κ3) is 6.10. The second-order valence-corrected chi connectivity index (χ2v) is 6.63. The predicted molar refractivity (Wildman–Crippen MR) is 105 cm³/mol. The monoisotopic (exact) mass is 349 g/mol. The van der Waals surface area contributed by atoms with Crippen molar-refractivity contribution in [3.63, 3.8) is 0 Å². The highest BCUT2D eigenvalue weighted by Crippen LogP contribution is 2.06. The normalized spacial score (nSPS) is 16.2. The van der Waals surface area contributed by atoms with E-state index >= 15 is 0 Å². The molecule has 0 aromatic carbocycles. The maximum absolute atomic E-state index is 4.49. The molecule has 1 N–H and O–H groups in total. The molecule has 0 aliphatic carbocycles. The number of rotatable bonds is 9. The quantitative estimate of drug-likeness (QED) is 0.753. The smallest absolute Gasteiger partial charge is 0.0569 e. The number of nitrogens with one attached hydrogen (secondary N) is 1. The molecule has 3 rings (SSSR count). The molecule has 1 unspecified atom stereocenters. The van der Waals surface area contributed by atoms with Gasteiger partial charge in [-0.3, -0.25) is 19.8 Å². The molecule has 0 saturated heterocycles. The Hall–Kier alpha value is -2.50. The molecule has 0 amide bonds. The molecule has 0 bridgehead atoms. The number of dihydropyridines is 1. The Kier molecular flexibility index (Phi) is 6.93. The predicted octanol–water partition coefficient (Wildman–Crippen LogP) is 2.45. The van der Waals surface area contributed by atoms with Gasteiger partial charge in [-0.25, -0.2) is 0 Å². The Labute approximate surface area is 156 Å². The lowest BCUT2D eigenvalue weighted by Gasteiger charge is -2.28. The minimum atomic E-state index is 0.338. The fourth-order valence-corrected chi connectivity index (χ4v) is 3.00. The fraction of sp³-hybridized carbons (Fsp3) is 0.333. The van der Waals surface area contributed by atoms with Crippen LogP contribution in [0.2, 0.25) is 0 Å². The van der Waals surface area contributed by atoms with E-state index in [1.807, 2.05) is 42.9 Å². The third-order valence-electron chi connectivity index (χ3n) is 4.38. The van der Waals surface area contributed by atoms with Crippen LogP contribution in [0.1, 0.15) is 11.4 Å². The fourth-order valence-electron chi connectivity index (χ4n) is 3.00. The first-order valence-electron chi connectivity index (χ1n) is 9.10. The van der Waals surface area contributed by atoms with Gasteiger partial charge in [0.05, 0.1) is 17.4 Å². The van der Waals surface area contributed by atoms with E-state index < -0.39 is 0 Å². The zero-order valence-corrected chi connectivity index (χ0v) is 15.3. The highest BCUT2D eigenvalue weighted by molar-refractivity contribution is 5.13. The Morgan fingerprint density at radius 2 is 1.65 bits per heavy atom. The second kappa shape index (κ2) is 9.85. The number of hydrogen-bond donors (Lipinski definition) is 1. The van der Waals surface area contributed by atoms with Crippen molar-refractivity contribution < 1.29 is 0 Å². The summed E-state index contributed by atoms with van der Waals surface area (Å²) >= 11 is 0. The van der Waals surface area contributed by atoms with E-state index in [1.165, 1.54) is 0 Å². The molecule has 1 aliphatic rings. The second-order valence-electron chi connectivity index (χ2n) is 6.63. The van der Waals surface area contributed by atoms with E-state index in [9.17, 15) is 0 Å². The van der Waals surface area contributed by atoms with Gasteiger partial charge < -0.3 is 5.32 Å². The lowest BCUT2D eigenvalue weighted by molar-refractivity contribution is 0.205. The van der Waals surface area contributed by atoms with Crippen molar-refractivity contribution in [1.29, 1.82) is 0 Å². The van der Waals surface area contributed by atoms with Gasteiger partial charge in [0.25, 0.3) is 0 Å². The van der Waals surface area contributed by atoms with Gasteiger partial charge in [0.2, 0.25) is 0 Å². The number of aromatic nitrogens is 2. The summed E-state index contributed by atoms with van der Waals surface area (Å²) in [4.78, 5) is 13.7. The van der Waals surface area contributed by atoms with Crippen molar-refractivity contribution >= 4 is 0 Å². The van der Waals surface area contributed by atoms with Crippen LogP contribution >= 0.6 is 0 Å². The summed E-state index contributed by atoms with van der Waals surface area (Å²) in [5.41, 5.74) is 2.21. The van der Waals surface area contributed by atoms with Gasteiger partial charge >= 0.3 is 0 Å². The zero-order chi connectivity index (χ0) is 18.0. The molecule has 3 heterocycles. The van der Waals surface area contributed by atoms with E-state index in [4.69, 9.17) is 0 Å². The number of allylic oxidation sites excluding steroid dienone is 2. The molecule has 0 saturated carbocycles. The molecule has 0 spiro atoms. The van der Waals surface area contributed by atoms with Crippen LogP contribution in [0, 0.1) is 0 Å². The molecular weight excluding hydrogens is 322 g/mol. The summed E-state index contributed by atoms with van der Waals surface area (Å²) in [6.45, 7) is 4.64. The molecule has 1 atom stereocenters. The van der Waals surface area contributed by atoms with Crippen LogP contribution < -0.4 is 5.32 Å². The molecule has 5 nitrogen and oxygen atoms in total. The Morgan fingerprint density at radius 3 is 2.27 bits per heavy atom. The maximum Gasteiger partial charge on any atom is 0.0569 e. The molecule has 1 aliphatic heterocycles. The summed E-state index contributed by atoms with van der Waals surface area (Å²) in [6, 6.07) is 12.5. The van der Waals surface area contributed by atoms with Crippen LogP contribution in [-0.2, 0) is 13.1 Å². The molecule has 0 fully saturated rings. The number of hydrogen-bond acceptors (Lipinski definition) is 5. The van der Waals surface area contributed by atoms with Crippen molar-refractivity contribution in [2.75, 3.05) is 26.7 Å². The number of likely N-dealkylation sites (N-methyl/N-ethyl adjacent to an activating group) is 1. The SMILES string of the molecule is CN(CCN(Cc1ccccn1)CC1C=CC=CN1)Cc1ccccn1. The van der Waals surface area contributed by atoms with Crippen LogP contribution in [0.5, 0.6) is 0 Å². The molecule has 26 heavy (non-hydrogen) atoms. The topological polar surface area (TPSA) is 44.3 Å². The molecular formula is C21H27N5. The van der Waals surface area contributed by atoms with E-state index in [-0.39, 0.29) is 0 Å². The van der Waals surface area contributed by atoms with Gasteiger partial charge in [-0.15, -0.1) is 0 Å². The summed E-state index contributed by atoms with van der Waals surface area (Å²) < 4.78 is 0. The highest BCUT2D eigenvalue weighted by Gasteiger charge is 2.14. The van der Waals surface area contributed by atoms with Crippen LogP contribution in [-0.4, -0.2) is 52.5 Å². The van der Waals surface area contributed by atoms with Gasteiger partial charge in [-0.1, -0.05) is 24.3 Å². The van der Waals surface area contributed by atoms with Crippen molar-refractivity contribution in [2.24, 2.45) is 0 Å². The minimum Gasteiger partial charge on any atom is -0.383 e. The minimum absolute atomic E-state index is 0.338. The summed E-state index contributed by atoms with van der Waals surface area (Å²) in [5.74, 6) is 0. The Balaban J connectivity index is 1.55. The third-order valence-corrected chi connectivity index (χ3v) is 4.38. The zero-order valence-electron chi connectivity index (χ0n) is 15.3. The molecule has 2 aromatic rings. The maximum atomic E-state index is 4.49. The standard InChI is InChI=1S/C21H27N5/c1-25(16-19-8-2-5-11-22-19)14-15-26(17-20-9-3-6-12-23-20)18-21-10-4-7-13-24-21/h2-13,20,23H,14-18H2,1H3. The van der Waals surface area contributed by atoms with Gasteiger partial charge in [0.15, 0.2) is 0 Å². The van der Waals surface area contributed by atoms with E-state index in [0.29, 0.717) is 6.04 Å². The summed E-state index contributed by atoms with van der Waals surface area (Å²) in [5, 5.41) is 3.41. The van der Waals surface area contributed by atoms with Crippen LogP contribution in [0.15, 0.2) is 73.2 Å². The van der Waals surface area contributed by atoms with Crippen molar-refractivity contribution in [2.45, 2.75) is 19.1 Å². The van der Waals surface area contributed by atoms with E-state index in [2.05, 4.69) is 62.5 Å². The van der Waals surface area contributed by atoms with Gasteiger partial charge in [-0.05, 0) is 43.6 Å². The highest BCUT2D eigenvalue weighted by atomic mass is 15.2. The summed E-state index contributed by atoms with van der Waals surface area (Å²) in [7, 11) is 2.15. The largest absolute Gasteiger partial charge is 0.383 e. The molecule has 5 heteroatoms. The average molecular weight is 349 g/mol. The number of nitrogens with zero attached hydrogens (tertiary/aromatic N) is 4. The lowest BCUT2D eigenvalue weighted by Crippen LogP contribution is -2.41. The first kappa shape index (κ1) is 18.3. The first-order valence-corrected chi connectivity index (χ1v) is 9.10. The van der Waals surface area contributed by atoms with Crippen LogP contribution in [0.3, 0.4) is 0 Å². The van der Waals surface area contributed by atoms with Gasteiger partial charge in [-0.2, -0.15) is 0 Å². The molecule has 136 valence electrons. The van der Waals surface area contributed by atoms with E-state index in [0.717, 1.165) is 44.1 Å².